The van der Waals surface area contributed by atoms with E-state index in [0.717, 1.165) is 36.6 Å². The minimum Gasteiger partial charge on any atom is -0.378 e. The summed E-state index contributed by atoms with van der Waals surface area (Å²) < 4.78 is 32.4. The van der Waals surface area contributed by atoms with Crippen LogP contribution in [-0.4, -0.2) is 44.3 Å². The summed E-state index contributed by atoms with van der Waals surface area (Å²) >= 11 is 0. The maximum atomic E-state index is 13.7. The Labute approximate surface area is 180 Å². The second-order valence-corrected chi connectivity index (χ2v) is 6.10. The highest BCUT2D eigenvalue weighted by Crippen LogP contribution is 2.18. The van der Waals surface area contributed by atoms with Gasteiger partial charge < -0.3 is 20.3 Å². The van der Waals surface area contributed by atoms with Crippen LogP contribution in [0.25, 0.3) is 0 Å². The van der Waals surface area contributed by atoms with Crippen LogP contribution in [0.5, 0.6) is 0 Å². The normalized spacial score (nSPS) is 14.4. The molecule has 0 radical (unpaired) electrons. The molecule has 1 aliphatic heterocycles. The lowest BCUT2D eigenvalue weighted by molar-refractivity contribution is 0.122. The SMILES string of the molecule is CN=C(NCc1cc(F)ccc1F)NCc1cccnc1N1CCOCC1.I. The number of benzene rings is 1. The minimum atomic E-state index is -0.471. The average molecular weight is 503 g/mol. The Bertz CT molecular complexity index is 800. The lowest BCUT2D eigenvalue weighted by Gasteiger charge is -2.29. The molecular formula is C19H24F2IN5O. The first kappa shape index (κ1) is 22.3. The third-order valence-electron chi connectivity index (χ3n) is 4.30. The zero-order chi connectivity index (χ0) is 19.1. The fraction of sp³-hybridized carbons (Fsp3) is 0.368. The number of aromatic nitrogens is 1. The Balaban J connectivity index is 0.00000280. The van der Waals surface area contributed by atoms with Gasteiger partial charge in [-0.1, -0.05) is 6.07 Å². The average Bonchev–Trinajstić information content (AvgIpc) is 2.71. The number of pyridine rings is 1. The molecule has 1 aromatic carbocycles. The van der Waals surface area contributed by atoms with Crippen molar-refractivity contribution >= 4 is 35.8 Å². The van der Waals surface area contributed by atoms with Crippen LogP contribution in [0.3, 0.4) is 0 Å². The molecular weight excluding hydrogens is 479 g/mol. The predicted octanol–water partition coefficient (Wildman–Crippen LogP) is 2.68. The van der Waals surface area contributed by atoms with E-state index in [2.05, 4.69) is 25.5 Å². The van der Waals surface area contributed by atoms with Crippen LogP contribution in [0, 0.1) is 11.6 Å². The number of anilines is 1. The highest BCUT2D eigenvalue weighted by molar-refractivity contribution is 14.0. The summed E-state index contributed by atoms with van der Waals surface area (Å²) in [5.41, 5.74) is 1.27. The number of morpholine rings is 1. The van der Waals surface area contributed by atoms with E-state index in [0.29, 0.717) is 25.7 Å². The van der Waals surface area contributed by atoms with E-state index in [1.54, 1.807) is 13.2 Å². The molecule has 1 fully saturated rings. The molecule has 0 aliphatic carbocycles. The Kier molecular flexibility index (Phi) is 8.84. The second-order valence-electron chi connectivity index (χ2n) is 6.10. The number of halogens is 3. The standard InChI is InChI=1S/C19H23F2N5O.HI/c1-22-19(25-13-15-11-16(20)4-5-17(15)21)24-12-14-3-2-6-23-18(14)26-7-9-27-10-8-26;/h2-6,11H,7-10,12-13H2,1H3,(H2,22,24,25);1H. The van der Waals surface area contributed by atoms with Crippen LogP contribution in [0.1, 0.15) is 11.1 Å². The van der Waals surface area contributed by atoms with Gasteiger partial charge in [0.2, 0.25) is 0 Å². The van der Waals surface area contributed by atoms with Gasteiger partial charge in [0.15, 0.2) is 5.96 Å². The van der Waals surface area contributed by atoms with Crippen molar-refractivity contribution in [1.82, 2.24) is 15.6 Å². The molecule has 2 N–H and O–H groups in total. The molecule has 1 aliphatic rings. The smallest absolute Gasteiger partial charge is 0.191 e. The molecule has 152 valence electrons. The van der Waals surface area contributed by atoms with Gasteiger partial charge in [-0.3, -0.25) is 4.99 Å². The summed E-state index contributed by atoms with van der Waals surface area (Å²) in [6.45, 7) is 3.61. The maximum absolute atomic E-state index is 13.7. The van der Waals surface area contributed by atoms with Gasteiger partial charge in [-0.15, -0.1) is 24.0 Å². The van der Waals surface area contributed by atoms with Gasteiger partial charge in [-0.05, 0) is 24.3 Å². The van der Waals surface area contributed by atoms with Crippen LogP contribution in [0.15, 0.2) is 41.5 Å². The van der Waals surface area contributed by atoms with E-state index in [1.807, 2.05) is 12.1 Å². The fourth-order valence-electron chi connectivity index (χ4n) is 2.89. The summed E-state index contributed by atoms with van der Waals surface area (Å²) in [6.07, 6.45) is 1.77. The van der Waals surface area contributed by atoms with Gasteiger partial charge in [0.25, 0.3) is 0 Å². The predicted molar refractivity (Wildman–Crippen MR) is 116 cm³/mol. The molecule has 1 aromatic heterocycles. The Hall–Kier alpha value is -2.01. The monoisotopic (exact) mass is 503 g/mol. The van der Waals surface area contributed by atoms with Crippen molar-refractivity contribution in [3.8, 4) is 0 Å². The second kappa shape index (κ2) is 11.1. The third-order valence-corrected chi connectivity index (χ3v) is 4.30. The van der Waals surface area contributed by atoms with Crippen LogP contribution in [0.2, 0.25) is 0 Å². The van der Waals surface area contributed by atoms with Gasteiger partial charge in [-0.25, -0.2) is 13.8 Å². The molecule has 0 unspecified atom stereocenters. The van der Waals surface area contributed by atoms with E-state index in [9.17, 15) is 8.78 Å². The van der Waals surface area contributed by atoms with E-state index in [4.69, 9.17) is 4.74 Å². The lowest BCUT2D eigenvalue weighted by Crippen LogP contribution is -2.39. The van der Waals surface area contributed by atoms with Gasteiger partial charge >= 0.3 is 0 Å². The van der Waals surface area contributed by atoms with E-state index in [-0.39, 0.29) is 36.1 Å². The first-order chi connectivity index (χ1) is 13.2. The van der Waals surface area contributed by atoms with E-state index < -0.39 is 11.6 Å². The molecule has 1 saturated heterocycles. The van der Waals surface area contributed by atoms with E-state index >= 15 is 0 Å². The van der Waals surface area contributed by atoms with Crippen molar-refractivity contribution < 1.29 is 13.5 Å². The first-order valence-electron chi connectivity index (χ1n) is 8.82. The van der Waals surface area contributed by atoms with Gasteiger partial charge in [0.05, 0.1) is 13.2 Å². The van der Waals surface area contributed by atoms with Crippen LogP contribution in [-0.2, 0) is 17.8 Å². The van der Waals surface area contributed by atoms with Crippen LogP contribution < -0.4 is 15.5 Å². The Morgan fingerprint density at radius 2 is 1.86 bits per heavy atom. The molecule has 0 atom stereocenters. The van der Waals surface area contributed by atoms with Crippen molar-refractivity contribution in [1.29, 1.82) is 0 Å². The number of rotatable bonds is 5. The van der Waals surface area contributed by atoms with E-state index in [1.165, 1.54) is 6.07 Å². The zero-order valence-electron chi connectivity index (χ0n) is 15.6. The maximum Gasteiger partial charge on any atom is 0.191 e. The number of nitrogens with one attached hydrogen (secondary N) is 2. The molecule has 0 bridgehead atoms. The van der Waals surface area contributed by atoms with Gasteiger partial charge in [0.1, 0.15) is 17.5 Å². The highest BCUT2D eigenvalue weighted by Gasteiger charge is 2.16. The third kappa shape index (κ3) is 5.99. The number of guanidine groups is 1. The number of hydrogen-bond donors (Lipinski definition) is 2. The van der Waals surface area contributed by atoms with Crippen molar-refractivity contribution in [2.24, 2.45) is 4.99 Å². The first-order valence-corrected chi connectivity index (χ1v) is 8.82. The molecule has 0 amide bonds. The van der Waals surface area contributed by atoms with Crippen molar-refractivity contribution in [2.45, 2.75) is 13.1 Å². The summed E-state index contributed by atoms with van der Waals surface area (Å²) in [4.78, 5) is 10.8. The number of nitrogens with zero attached hydrogens (tertiary/aromatic N) is 3. The lowest BCUT2D eigenvalue weighted by atomic mass is 10.2. The Morgan fingerprint density at radius 3 is 2.57 bits per heavy atom. The number of ether oxygens (including phenoxy) is 1. The van der Waals surface area contributed by atoms with Gasteiger partial charge in [0, 0.05) is 50.6 Å². The van der Waals surface area contributed by atoms with Gasteiger partial charge in [-0.2, -0.15) is 0 Å². The summed E-state index contributed by atoms with van der Waals surface area (Å²) in [5.74, 6) is 0.484. The zero-order valence-corrected chi connectivity index (χ0v) is 18.0. The molecule has 0 spiro atoms. The van der Waals surface area contributed by atoms with Crippen molar-refractivity contribution in [3.05, 3.63) is 59.3 Å². The van der Waals surface area contributed by atoms with Crippen LogP contribution in [0.4, 0.5) is 14.6 Å². The summed E-state index contributed by atoms with van der Waals surface area (Å²) in [7, 11) is 1.63. The Morgan fingerprint density at radius 1 is 1.14 bits per heavy atom. The molecule has 2 aromatic rings. The number of hydrogen-bond acceptors (Lipinski definition) is 4. The topological polar surface area (TPSA) is 61.8 Å². The molecule has 9 heteroatoms. The number of aliphatic imine (C=N–C) groups is 1. The molecule has 0 saturated carbocycles. The summed E-state index contributed by atoms with van der Waals surface area (Å²) in [5, 5.41) is 6.20. The molecule has 28 heavy (non-hydrogen) atoms. The van der Waals surface area contributed by atoms with Crippen LogP contribution >= 0.6 is 24.0 Å². The largest absolute Gasteiger partial charge is 0.378 e. The molecule has 3 rings (SSSR count). The van der Waals surface area contributed by atoms with Crippen molar-refractivity contribution in [2.75, 3.05) is 38.3 Å². The summed E-state index contributed by atoms with van der Waals surface area (Å²) in [6, 6.07) is 7.28. The quantitative estimate of drug-likeness (QED) is 0.374. The highest BCUT2D eigenvalue weighted by atomic mass is 127. The fourth-order valence-corrected chi connectivity index (χ4v) is 2.89. The van der Waals surface area contributed by atoms with Crippen molar-refractivity contribution in [3.63, 3.8) is 0 Å². The minimum absolute atomic E-state index is 0. The molecule has 6 nitrogen and oxygen atoms in total. The molecule has 2 heterocycles.